The van der Waals surface area contributed by atoms with E-state index in [1.807, 2.05) is 0 Å². The summed E-state index contributed by atoms with van der Waals surface area (Å²) >= 11 is 0. The van der Waals surface area contributed by atoms with Crippen LogP contribution in [0.25, 0.3) is 0 Å². The minimum absolute atomic E-state index is 0.157. The lowest BCUT2D eigenvalue weighted by atomic mass is 9.83. The summed E-state index contributed by atoms with van der Waals surface area (Å²) in [5.41, 5.74) is 1.26. The van der Waals surface area contributed by atoms with Crippen molar-refractivity contribution in [3.63, 3.8) is 0 Å². The average Bonchev–Trinajstić information content (AvgIpc) is 2.51. The number of carbonyl (C=O) groups excluding carboxylic acids is 2. The van der Waals surface area contributed by atoms with Crippen molar-refractivity contribution >= 4 is 27.0 Å². The van der Waals surface area contributed by atoms with E-state index in [-0.39, 0.29) is 28.4 Å². The number of benzene rings is 2. The van der Waals surface area contributed by atoms with Gasteiger partial charge in [0.1, 0.15) is 5.75 Å². The van der Waals surface area contributed by atoms with Gasteiger partial charge in [0.25, 0.3) is 0 Å². The van der Waals surface area contributed by atoms with Crippen LogP contribution < -0.4 is 4.74 Å². The molecular formula is C17H15NO4S. The molecule has 6 heteroatoms. The first-order chi connectivity index (χ1) is 10.8. The first-order valence-corrected chi connectivity index (χ1v) is 9.23. The lowest BCUT2D eigenvalue weighted by Crippen LogP contribution is -2.22. The van der Waals surface area contributed by atoms with Crippen molar-refractivity contribution in [3.8, 4) is 5.75 Å². The van der Waals surface area contributed by atoms with E-state index in [9.17, 15) is 13.8 Å². The third kappa shape index (κ3) is 2.55. The van der Waals surface area contributed by atoms with E-state index in [2.05, 4.69) is 4.36 Å². The van der Waals surface area contributed by atoms with Gasteiger partial charge >= 0.3 is 0 Å². The summed E-state index contributed by atoms with van der Waals surface area (Å²) in [5, 5.41) is 0. The molecule has 0 unspecified atom stereocenters. The van der Waals surface area contributed by atoms with Crippen molar-refractivity contribution < 1.29 is 18.5 Å². The summed E-state index contributed by atoms with van der Waals surface area (Å²) in [6.07, 6.45) is 2.96. The molecule has 2 aromatic carbocycles. The summed E-state index contributed by atoms with van der Waals surface area (Å²) in [4.78, 5) is 25.7. The first kappa shape index (κ1) is 15.4. The standard InChI is InChI=1S/C17H15NO4S/c1-22-13-9-8-12(18-23(2,3)21)14-15(13)17(20)11-7-5-4-6-10(11)16(14)19/h4-9H,1-3H3. The third-order valence-corrected chi connectivity index (χ3v) is 4.19. The zero-order valence-corrected chi connectivity index (χ0v) is 13.8. The summed E-state index contributed by atoms with van der Waals surface area (Å²) in [5.74, 6) is -0.287. The maximum atomic E-state index is 12.9. The Hall–Kier alpha value is -2.47. The Kier molecular flexibility index (Phi) is 3.56. The van der Waals surface area contributed by atoms with Crippen LogP contribution in [0.1, 0.15) is 31.8 Å². The molecule has 23 heavy (non-hydrogen) atoms. The van der Waals surface area contributed by atoms with Crippen molar-refractivity contribution in [1.29, 1.82) is 0 Å². The molecule has 0 saturated carbocycles. The van der Waals surface area contributed by atoms with Crippen LogP contribution in [0.15, 0.2) is 40.8 Å². The van der Waals surface area contributed by atoms with Gasteiger partial charge in [0, 0.05) is 33.4 Å². The molecule has 0 atom stereocenters. The summed E-state index contributed by atoms with van der Waals surface area (Å²) in [7, 11) is -1.04. The predicted octanol–water partition coefficient (Wildman–Crippen LogP) is 2.83. The summed E-state index contributed by atoms with van der Waals surface area (Å²) in [6.45, 7) is 0. The van der Waals surface area contributed by atoms with Crippen LogP contribution in [0.3, 0.4) is 0 Å². The molecule has 3 rings (SSSR count). The fourth-order valence-corrected chi connectivity index (χ4v) is 3.29. The highest BCUT2D eigenvalue weighted by molar-refractivity contribution is 7.92. The molecule has 0 bridgehead atoms. The van der Waals surface area contributed by atoms with Crippen molar-refractivity contribution in [2.24, 2.45) is 4.36 Å². The Morgan fingerprint density at radius 2 is 1.48 bits per heavy atom. The smallest absolute Gasteiger partial charge is 0.198 e. The van der Waals surface area contributed by atoms with Gasteiger partial charge in [-0.05, 0) is 12.1 Å². The number of hydrogen-bond acceptors (Lipinski definition) is 5. The molecule has 5 nitrogen and oxygen atoms in total. The third-order valence-electron chi connectivity index (χ3n) is 3.55. The number of hydrogen-bond donors (Lipinski definition) is 0. The number of carbonyl (C=O) groups is 2. The highest BCUT2D eigenvalue weighted by Crippen LogP contribution is 2.38. The van der Waals surface area contributed by atoms with Gasteiger partial charge in [-0.2, -0.15) is 4.36 Å². The van der Waals surface area contributed by atoms with Gasteiger partial charge in [0.05, 0.1) is 23.9 Å². The number of fused-ring (bicyclic) bond motifs is 2. The van der Waals surface area contributed by atoms with Crippen LogP contribution in [-0.4, -0.2) is 35.4 Å². The van der Waals surface area contributed by atoms with Gasteiger partial charge in [-0.25, -0.2) is 4.21 Å². The molecule has 1 aliphatic carbocycles. The molecular weight excluding hydrogens is 314 g/mol. The zero-order valence-electron chi connectivity index (χ0n) is 13.0. The Morgan fingerprint density at radius 3 is 2.00 bits per heavy atom. The molecule has 2 aromatic rings. The normalized spacial score (nSPS) is 13.3. The molecule has 0 spiro atoms. The first-order valence-electron chi connectivity index (χ1n) is 6.90. The molecule has 118 valence electrons. The van der Waals surface area contributed by atoms with Gasteiger partial charge in [0.2, 0.25) is 0 Å². The van der Waals surface area contributed by atoms with Crippen LogP contribution in [0.4, 0.5) is 5.69 Å². The van der Waals surface area contributed by atoms with E-state index in [0.717, 1.165) is 0 Å². The number of nitrogens with zero attached hydrogens (tertiary/aromatic N) is 1. The second-order valence-electron chi connectivity index (χ2n) is 5.51. The highest BCUT2D eigenvalue weighted by Gasteiger charge is 2.34. The Balaban J connectivity index is 2.40. The van der Waals surface area contributed by atoms with E-state index in [4.69, 9.17) is 4.74 Å². The Morgan fingerprint density at radius 1 is 0.913 bits per heavy atom. The average molecular weight is 329 g/mol. The largest absolute Gasteiger partial charge is 0.496 e. The summed E-state index contributed by atoms with van der Waals surface area (Å²) < 4.78 is 21.4. The maximum Gasteiger partial charge on any atom is 0.198 e. The van der Waals surface area contributed by atoms with Crippen molar-refractivity contribution in [1.82, 2.24) is 0 Å². The van der Waals surface area contributed by atoms with Gasteiger partial charge in [0.15, 0.2) is 11.6 Å². The quantitative estimate of drug-likeness (QED) is 0.725. The van der Waals surface area contributed by atoms with Crippen LogP contribution in [0.2, 0.25) is 0 Å². The number of ketones is 2. The van der Waals surface area contributed by atoms with Crippen LogP contribution >= 0.6 is 0 Å². The Bertz CT molecular complexity index is 961. The van der Waals surface area contributed by atoms with Crippen molar-refractivity contribution in [2.75, 3.05) is 19.6 Å². The van der Waals surface area contributed by atoms with E-state index < -0.39 is 9.73 Å². The zero-order chi connectivity index (χ0) is 16.8. The highest BCUT2D eigenvalue weighted by atomic mass is 32.2. The SMILES string of the molecule is COc1ccc(N=S(C)(C)=O)c2c1C(=O)c1ccccc1C2=O. The van der Waals surface area contributed by atoms with Gasteiger partial charge < -0.3 is 4.74 Å². The summed E-state index contributed by atoms with van der Waals surface area (Å²) in [6, 6.07) is 9.77. The fourth-order valence-electron chi connectivity index (χ4n) is 2.66. The monoisotopic (exact) mass is 329 g/mol. The van der Waals surface area contributed by atoms with E-state index in [1.165, 1.54) is 19.6 Å². The molecule has 0 radical (unpaired) electrons. The van der Waals surface area contributed by atoms with Crippen LogP contribution in [0, 0.1) is 0 Å². The number of ether oxygens (including phenoxy) is 1. The fraction of sp³-hybridized carbons (Fsp3) is 0.176. The molecule has 0 aromatic heterocycles. The van der Waals surface area contributed by atoms with Crippen molar-refractivity contribution in [2.45, 2.75) is 0 Å². The van der Waals surface area contributed by atoms with E-state index in [1.54, 1.807) is 36.4 Å². The lowest BCUT2D eigenvalue weighted by molar-refractivity contribution is 0.0977. The number of rotatable bonds is 2. The predicted molar refractivity (Wildman–Crippen MR) is 88.4 cm³/mol. The Labute approximate surface area is 134 Å². The molecule has 0 fully saturated rings. The molecule has 0 N–H and O–H groups in total. The molecule has 0 aliphatic heterocycles. The second kappa shape index (κ2) is 5.31. The van der Waals surface area contributed by atoms with Gasteiger partial charge in [-0.15, -0.1) is 0 Å². The minimum atomic E-state index is -2.48. The van der Waals surface area contributed by atoms with E-state index in [0.29, 0.717) is 16.9 Å². The second-order valence-corrected chi connectivity index (χ2v) is 8.06. The molecule has 0 heterocycles. The minimum Gasteiger partial charge on any atom is -0.496 e. The van der Waals surface area contributed by atoms with Gasteiger partial charge in [-0.1, -0.05) is 24.3 Å². The molecule has 0 saturated heterocycles. The topological polar surface area (TPSA) is 72.8 Å². The lowest BCUT2D eigenvalue weighted by Gasteiger charge is -2.20. The maximum absolute atomic E-state index is 12.9. The molecule has 1 aliphatic rings. The number of methoxy groups -OCH3 is 1. The van der Waals surface area contributed by atoms with Crippen LogP contribution in [0.5, 0.6) is 5.75 Å². The van der Waals surface area contributed by atoms with E-state index >= 15 is 0 Å². The molecule has 0 amide bonds. The van der Waals surface area contributed by atoms with Crippen molar-refractivity contribution in [3.05, 3.63) is 58.7 Å². The van der Waals surface area contributed by atoms with Gasteiger partial charge in [-0.3, -0.25) is 9.59 Å². The van der Waals surface area contributed by atoms with Crippen LogP contribution in [-0.2, 0) is 9.73 Å².